The fourth-order valence-electron chi connectivity index (χ4n) is 3.10. The quantitative estimate of drug-likeness (QED) is 0.762. The lowest BCUT2D eigenvalue weighted by Gasteiger charge is -2.37. The molecule has 0 radical (unpaired) electrons. The van der Waals surface area contributed by atoms with Gasteiger partial charge in [0.25, 0.3) is 0 Å². The Morgan fingerprint density at radius 3 is 2.39 bits per heavy atom. The number of likely N-dealkylation sites (tertiary alicyclic amines) is 1. The minimum Gasteiger partial charge on any atom is -0.393 e. The number of aliphatic hydroxyl groups excluding tert-OH is 1. The van der Waals surface area contributed by atoms with Crippen LogP contribution in [0.15, 0.2) is 0 Å². The molecule has 0 bridgehead atoms. The minimum atomic E-state index is -0.254. The predicted molar refractivity (Wildman–Crippen MR) is 67.7 cm³/mol. The predicted octanol–water partition coefficient (Wildman–Crippen LogP) is 1.71. The van der Waals surface area contributed by atoms with E-state index in [1.54, 1.807) is 0 Å². The number of amides is 2. The highest BCUT2D eigenvalue weighted by Crippen LogP contribution is 2.33. The number of imide groups is 1. The average Bonchev–Trinajstić information content (AvgIpc) is 2.22. The van der Waals surface area contributed by atoms with Crippen LogP contribution in [-0.4, -0.2) is 34.5 Å². The Morgan fingerprint density at radius 2 is 1.83 bits per heavy atom. The Hall–Kier alpha value is -0.900. The number of carbonyl (C=O) groups excluding carboxylic acids is 2. The molecule has 4 nitrogen and oxygen atoms in total. The molecule has 2 aliphatic rings. The van der Waals surface area contributed by atoms with E-state index in [2.05, 4.69) is 0 Å². The summed E-state index contributed by atoms with van der Waals surface area (Å²) in [7, 11) is 0. The lowest BCUT2D eigenvalue weighted by molar-refractivity contribution is -0.153. The summed E-state index contributed by atoms with van der Waals surface area (Å²) in [5.74, 6) is 0.190. The average molecular weight is 253 g/mol. The summed E-state index contributed by atoms with van der Waals surface area (Å²) in [5, 5.41) is 9.64. The molecular formula is C14H23NO3. The van der Waals surface area contributed by atoms with Crippen molar-refractivity contribution in [2.75, 3.05) is 6.54 Å². The summed E-state index contributed by atoms with van der Waals surface area (Å²) in [6, 6.07) is 0. The molecule has 0 aromatic rings. The monoisotopic (exact) mass is 253 g/mol. The van der Waals surface area contributed by atoms with Gasteiger partial charge in [0.1, 0.15) is 0 Å². The van der Waals surface area contributed by atoms with Crippen LogP contribution in [0, 0.1) is 11.3 Å². The van der Waals surface area contributed by atoms with Crippen molar-refractivity contribution < 1.29 is 14.7 Å². The number of hydrogen-bond acceptors (Lipinski definition) is 3. The maximum absolute atomic E-state index is 12.0. The van der Waals surface area contributed by atoms with Crippen LogP contribution < -0.4 is 0 Å². The summed E-state index contributed by atoms with van der Waals surface area (Å²) in [4.78, 5) is 25.5. The molecule has 0 aromatic heterocycles. The van der Waals surface area contributed by atoms with Gasteiger partial charge in [0.15, 0.2) is 0 Å². The lowest BCUT2D eigenvalue weighted by Crippen LogP contribution is -2.48. The SMILES string of the molecule is CC1(C)CC(=O)N(CC2CCCC(O)C2)C(=O)C1. The Kier molecular flexibility index (Phi) is 3.76. The first-order valence-electron chi connectivity index (χ1n) is 6.89. The fourth-order valence-corrected chi connectivity index (χ4v) is 3.10. The molecule has 102 valence electrons. The van der Waals surface area contributed by atoms with Crippen molar-refractivity contribution >= 4 is 11.8 Å². The van der Waals surface area contributed by atoms with Gasteiger partial charge in [0.05, 0.1) is 6.10 Å². The van der Waals surface area contributed by atoms with Crippen molar-refractivity contribution in [2.45, 2.75) is 58.5 Å². The standard InChI is InChI=1S/C14H23NO3/c1-14(2)7-12(17)15(13(18)8-14)9-10-4-3-5-11(16)6-10/h10-11,16H,3-9H2,1-2H3. The number of hydrogen-bond donors (Lipinski definition) is 1. The van der Waals surface area contributed by atoms with Gasteiger partial charge >= 0.3 is 0 Å². The maximum atomic E-state index is 12.0. The van der Waals surface area contributed by atoms with Crippen LogP contribution in [-0.2, 0) is 9.59 Å². The minimum absolute atomic E-state index is 0.0451. The van der Waals surface area contributed by atoms with Crippen LogP contribution in [0.2, 0.25) is 0 Å². The molecule has 2 amide bonds. The van der Waals surface area contributed by atoms with Gasteiger partial charge in [-0.05, 0) is 30.6 Å². The van der Waals surface area contributed by atoms with Crippen molar-refractivity contribution in [3.63, 3.8) is 0 Å². The molecule has 2 unspecified atom stereocenters. The Labute approximate surface area is 108 Å². The highest BCUT2D eigenvalue weighted by atomic mass is 16.3. The first-order chi connectivity index (χ1) is 8.37. The highest BCUT2D eigenvalue weighted by molar-refractivity contribution is 5.98. The smallest absolute Gasteiger partial charge is 0.229 e. The van der Waals surface area contributed by atoms with E-state index in [1.165, 1.54) is 4.90 Å². The van der Waals surface area contributed by atoms with E-state index >= 15 is 0 Å². The molecule has 1 aliphatic carbocycles. The van der Waals surface area contributed by atoms with Gasteiger partial charge in [-0.25, -0.2) is 0 Å². The number of carbonyl (C=O) groups is 2. The molecule has 18 heavy (non-hydrogen) atoms. The van der Waals surface area contributed by atoms with E-state index in [0.29, 0.717) is 19.4 Å². The van der Waals surface area contributed by atoms with Crippen LogP contribution in [0.25, 0.3) is 0 Å². The van der Waals surface area contributed by atoms with Gasteiger partial charge < -0.3 is 5.11 Å². The van der Waals surface area contributed by atoms with E-state index in [0.717, 1.165) is 25.7 Å². The summed E-state index contributed by atoms with van der Waals surface area (Å²) in [6.07, 6.45) is 4.23. The Morgan fingerprint density at radius 1 is 1.22 bits per heavy atom. The second-order valence-corrected chi connectivity index (χ2v) is 6.60. The van der Waals surface area contributed by atoms with Crippen molar-refractivity contribution in [1.82, 2.24) is 4.90 Å². The number of rotatable bonds is 2. The van der Waals surface area contributed by atoms with Crippen LogP contribution in [0.3, 0.4) is 0 Å². The largest absolute Gasteiger partial charge is 0.393 e. The van der Waals surface area contributed by atoms with Gasteiger partial charge in [-0.3, -0.25) is 14.5 Å². The Bertz CT molecular complexity index is 331. The van der Waals surface area contributed by atoms with E-state index in [1.807, 2.05) is 13.8 Å². The third-order valence-electron chi connectivity index (χ3n) is 4.06. The van der Waals surface area contributed by atoms with Gasteiger partial charge in [-0.15, -0.1) is 0 Å². The zero-order valence-electron chi connectivity index (χ0n) is 11.3. The third-order valence-corrected chi connectivity index (χ3v) is 4.06. The second kappa shape index (κ2) is 5.00. The van der Waals surface area contributed by atoms with Crippen LogP contribution in [0.5, 0.6) is 0 Å². The molecule has 0 spiro atoms. The van der Waals surface area contributed by atoms with Crippen molar-refractivity contribution in [2.24, 2.45) is 11.3 Å². The number of nitrogens with zero attached hydrogens (tertiary/aromatic N) is 1. The van der Waals surface area contributed by atoms with E-state index in [-0.39, 0.29) is 29.3 Å². The van der Waals surface area contributed by atoms with Crippen molar-refractivity contribution in [1.29, 1.82) is 0 Å². The first kappa shape index (κ1) is 13.5. The van der Waals surface area contributed by atoms with Crippen molar-refractivity contribution in [3.8, 4) is 0 Å². The molecule has 1 saturated heterocycles. The molecular weight excluding hydrogens is 230 g/mol. The third kappa shape index (κ3) is 3.10. The second-order valence-electron chi connectivity index (χ2n) is 6.60. The topological polar surface area (TPSA) is 57.6 Å². The molecule has 1 aliphatic heterocycles. The summed E-state index contributed by atoms with van der Waals surface area (Å²) >= 11 is 0. The lowest BCUT2D eigenvalue weighted by atomic mass is 9.80. The van der Waals surface area contributed by atoms with Gasteiger partial charge in [0.2, 0.25) is 11.8 Å². The fraction of sp³-hybridized carbons (Fsp3) is 0.857. The van der Waals surface area contributed by atoms with E-state index < -0.39 is 0 Å². The maximum Gasteiger partial charge on any atom is 0.229 e. The number of piperidine rings is 1. The molecule has 2 rings (SSSR count). The van der Waals surface area contributed by atoms with Crippen LogP contribution in [0.4, 0.5) is 0 Å². The van der Waals surface area contributed by atoms with Gasteiger partial charge in [-0.1, -0.05) is 20.3 Å². The van der Waals surface area contributed by atoms with Gasteiger partial charge in [0, 0.05) is 19.4 Å². The zero-order chi connectivity index (χ0) is 13.3. The highest BCUT2D eigenvalue weighted by Gasteiger charge is 2.38. The summed E-state index contributed by atoms with van der Waals surface area (Å²) in [5.41, 5.74) is -0.198. The van der Waals surface area contributed by atoms with E-state index in [4.69, 9.17) is 0 Å². The Balaban J connectivity index is 1.96. The zero-order valence-corrected chi connectivity index (χ0v) is 11.3. The first-order valence-corrected chi connectivity index (χ1v) is 6.89. The van der Waals surface area contributed by atoms with Crippen LogP contribution in [0.1, 0.15) is 52.4 Å². The van der Waals surface area contributed by atoms with E-state index in [9.17, 15) is 14.7 Å². The summed E-state index contributed by atoms with van der Waals surface area (Å²) < 4.78 is 0. The summed E-state index contributed by atoms with van der Waals surface area (Å²) in [6.45, 7) is 4.43. The van der Waals surface area contributed by atoms with Gasteiger partial charge in [-0.2, -0.15) is 0 Å². The molecule has 4 heteroatoms. The molecule has 2 atom stereocenters. The molecule has 1 N–H and O–H groups in total. The molecule has 1 heterocycles. The normalized spacial score (nSPS) is 32.7. The molecule has 0 aromatic carbocycles. The molecule has 2 fully saturated rings. The van der Waals surface area contributed by atoms with Crippen LogP contribution >= 0.6 is 0 Å². The number of aliphatic hydroxyl groups is 1. The molecule has 1 saturated carbocycles. The van der Waals surface area contributed by atoms with Crippen molar-refractivity contribution in [3.05, 3.63) is 0 Å².